The molecule has 36 heavy (non-hydrogen) atoms. The third-order valence-corrected chi connectivity index (χ3v) is 6.09. The molecule has 4 aromatic carbocycles. The number of rotatable bonds is 7. The van der Waals surface area contributed by atoms with E-state index in [0.717, 1.165) is 28.9 Å². The molecule has 0 spiro atoms. The van der Waals surface area contributed by atoms with Crippen LogP contribution in [0.4, 0.5) is 5.69 Å². The standard InChI is InChI=1S/C30H26N4O2/c1-36-27-18-14-25(15-19-27)30(35)32-31-21-22-12-16-26(17-13-22)34-29(24-10-6-3-7-11-24)20-28(33-34)23-8-4-2-5-9-23/h2-19,21,29H,20H2,1H3,(H,32,35)/b31-21-/t29-/m0/s1. The third kappa shape index (κ3) is 5.18. The molecule has 0 fully saturated rings. The van der Waals surface area contributed by atoms with E-state index in [2.05, 4.69) is 51.9 Å². The quantitative estimate of drug-likeness (QED) is 0.271. The number of methoxy groups -OCH3 is 1. The molecule has 1 N–H and O–H groups in total. The summed E-state index contributed by atoms with van der Waals surface area (Å²) in [6, 6.07) is 35.7. The molecule has 0 saturated carbocycles. The number of hydrazone groups is 2. The van der Waals surface area contributed by atoms with E-state index in [-0.39, 0.29) is 11.9 Å². The maximum atomic E-state index is 12.3. The third-order valence-electron chi connectivity index (χ3n) is 6.09. The van der Waals surface area contributed by atoms with Gasteiger partial charge in [0.25, 0.3) is 5.91 Å². The van der Waals surface area contributed by atoms with Crippen molar-refractivity contribution < 1.29 is 9.53 Å². The molecule has 6 heteroatoms. The highest BCUT2D eigenvalue weighted by Gasteiger charge is 2.29. The summed E-state index contributed by atoms with van der Waals surface area (Å²) in [7, 11) is 1.59. The first-order valence-electron chi connectivity index (χ1n) is 11.8. The molecule has 1 atom stereocenters. The van der Waals surface area contributed by atoms with Crippen LogP contribution in [-0.4, -0.2) is 24.9 Å². The fourth-order valence-electron chi connectivity index (χ4n) is 4.17. The van der Waals surface area contributed by atoms with E-state index in [1.54, 1.807) is 37.6 Å². The van der Waals surface area contributed by atoms with Gasteiger partial charge in [-0.25, -0.2) is 5.43 Å². The lowest BCUT2D eigenvalue weighted by Gasteiger charge is -2.24. The molecule has 6 nitrogen and oxygen atoms in total. The Hall–Kier alpha value is -4.71. The molecule has 178 valence electrons. The molecular weight excluding hydrogens is 448 g/mol. The first-order chi connectivity index (χ1) is 17.7. The van der Waals surface area contributed by atoms with Crippen molar-refractivity contribution in [2.24, 2.45) is 10.2 Å². The van der Waals surface area contributed by atoms with Gasteiger partial charge in [0.05, 0.1) is 30.8 Å². The van der Waals surface area contributed by atoms with Gasteiger partial charge in [-0.1, -0.05) is 72.8 Å². The number of amides is 1. The van der Waals surface area contributed by atoms with Gasteiger partial charge in [0.2, 0.25) is 0 Å². The second-order valence-corrected chi connectivity index (χ2v) is 8.41. The predicted octanol–water partition coefficient (Wildman–Crippen LogP) is 5.81. The normalized spacial score (nSPS) is 15.1. The highest BCUT2D eigenvalue weighted by atomic mass is 16.5. The Morgan fingerprint density at radius 3 is 2.25 bits per heavy atom. The van der Waals surface area contributed by atoms with E-state index in [4.69, 9.17) is 9.84 Å². The van der Waals surface area contributed by atoms with Crippen LogP contribution in [0.1, 0.15) is 39.5 Å². The zero-order valence-corrected chi connectivity index (χ0v) is 19.9. The van der Waals surface area contributed by atoms with Crippen molar-refractivity contribution in [3.63, 3.8) is 0 Å². The van der Waals surface area contributed by atoms with E-state index >= 15 is 0 Å². The first kappa shape index (κ1) is 23.1. The smallest absolute Gasteiger partial charge is 0.271 e. The zero-order chi connectivity index (χ0) is 24.7. The van der Waals surface area contributed by atoms with Crippen LogP contribution in [0, 0.1) is 0 Å². The lowest BCUT2D eigenvalue weighted by Crippen LogP contribution is -2.18. The van der Waals surface area contributed by atoms with Crippen molar-refractivity contribution in [1.29, 1.82) is 0 Å². The molecule has 1 aliphatic rings. The number of nitrogens with zero attached hydrogens (tertiary/aromatic N) is 3. The topological polar surface area (TPSA) is 66.3 Å². The van der Waals surface area contributed by atoms with Gasteiger partial charge in [0.15, 0.2) is 0 Å². The summed E-state index contributed by atoms with van der Waals surface area (Å²) in [5, 5.41) is 11.2. The van der Waals surface area contributed by atoms with Crippen molar-refractivity contribution in [2.75, 3.05) is 12.1 Å². The van der Waals surface area contributed by atoms with Gasteiger partial charge >= 0.3 is 0 Å². The van der Waals surface area contributed by atoms with Gasteiger partial charge < -0.3 is 4.74 Å². The van der Waals surface area contributed by atoms with Crippen LogP contribution in [0.15, 0.2) is 119 Å². The maximum absolute atomic E-state index is 12.3. The van der Waals surface area contributed by atoms with E-state index in [1.807, 2.05) is 48.5 Å². The van der Waals surface area contributed by atoms with E-state index in [0.29, 0.717) is 11.3 Å². The minimum absolute atomic E-state index is 0.115. The predicted molar refractivity (Wildman–Crippen MR) is 144 cm³/mol. The van der Waals surface area contributed by atoms with Crippen molar-refractivity contribution in [3.05, 3.63) is 131 Å². The minimum atomic E-state index is -0.281. The van der Waals surface area contributed by atoms with E-state index < -0.39 is 0 Å². The summed E-state index contributed by atoms with van der Waals surface area (Å²) in [4.78, 5) is 12.3. The zero-order valence-electron chi connectivity index (χ0n) is 19.9. The van der Waals surface area contributed by atoms with Gasteiger partial charge in [-0.3, -0.25) is 9.80 Å². The molecule has 0 aliphatic carbocycles. The Labute approximate surface area is 210 Å². The number of nitrogens with one attached hydrogen (secondary N) is 1. The summed E-state index contributed by atoms with van der Waals surface area (Å²) in [6.07, 6.45) is 2.46. The van der Waals surface area contributed by atoms with Crippen LogP contribution < -0.4 is 15.2 Å². The number of carbonyl (C=O) groups is 1. The summed E-state index contributed by atoms with van der Waals surface area (Å²) in [6.45, 7) is 0. The summed E-state index contributed by atoms with van der Waals surface area (Å²) in [5.74, 6) is 0.416. The summed E-state index contributed by atoms with van der Waals surface area (Å²) < 4.78 is 5.12. The molecule has 0 unspecified atom stereocenters. The lowest BCUT2D eigenvalue weighted by molar-refractivity contribution is 0.0955. The highest BCUT2D eigenvalue weighted by molar-refractivity contribution is 6.03. The van der Waals surface area contributed by atoms with Crippen molar-refractivity contribution in [1.82, 2.24) is 5.43 Å². The second-order valence-electron chi connectivity index (χ2n) is 8.41. The molecule has 0 aromatic heterocycles. The van der Waals surface area contributed by atoms with Gasteiger partial charge in [0, 0.05) is 12.0 Å². The van der Waals surface area contributed by atoms with Crippen molar-refractivity contribution in [3.8, 4) is 5.75 Å². The number of benzene rings is 4. The molecule has 0 bridgehead atoms. The van der Waals surface area contributed by atoms with Crippen LogP contribution in [0.2, 0.25) is 0 Å². The average molecular weight is 475 g/mol. The van der Waals surface area contributed by atoms with E-state index in [9.17, 15) is 4.79 Å². The first-order valence-corrected chi connectivity index (χ1v) is 11.8. The largest absolute Gasteiger partial charge is 0.497 e. The van der Waals surface area contributed by atoms with E-state index in [1.165, 1.54) is 5.56 Å². The Bertz CT molecular complexity index is 1370. The molecule has 5 rings (SSSR count). The number of carbonyl (C=O) groups excluding carboxylic acids is 1. The molecular formula is C30H26N4O2. The van der Waals surface area contributed by atoms with Gasteiger partial charge in [-0.05, 0) is 53.1 Å². The number of anilines is 1. The monoisotopic (exact) mass is 474 g/mol. The van der Waals surface area contributed by atoms with Crippen LogP contribution in [0.5, 0.6) is 5.75 Å². The molecule has 0 saturated heterocycles. The Balaban J connectivity index is 1.31. The fourth-order valence-corrected chi connectivity index (χ4v) is 4.17. The molecule has 1 aliphatic heterocycles. The number of hydrogen-bond acceptors (Lipinski definition) is 5. The molecule has 1 amide bonds. The SMILES string of the molecule is COc1ccc(C(=O)N/N=C\c2ccc(N3N=C(c4ccccc4)C[C@H]3c3ccccc3)cc2)cc1. The van der Waals surface area contributed by atoms with Gasteiger partial charge in [-0.15, -0.1) is 0 Å². The molecule has 0 radical (unpaired) electrons. The lowest BCUT2D eigenvalue weighted by atomic mass is 9.98. The Morgan fingerprint density at radius 1 is 0.917 bits per heavy atom. The number of hydrogen-bond donors (Lipinski definition) is 1. The number of ether oxygens (including phenoxy) is 1. The second kappa shape index (κ2) is 10.7. The van der Waals surface area contributed by atoms with Crippen LogP contribution in [-0.2, 0) is 0 Å². The van der Waals surface area contributed by atoms with Gasteiger partial charge in [-0.2, -0.15) is 10.2 Å². The average Bonchev–Trinajstić information content (AvgIpc) is 3.40. The Morgan fingerprint density at radius 2 is 1.58 bits per heavy atom. The van der Waals surface area contributed by atoms with Crippen LogP contribution in [0.25, 0.3) is 0 Å². The summed E-state index contributed by atoms with van der Waals surface area (Å²) in [5.41, 5.74) is 8.37. The minimum Gasteiger partial charge on any atom is -0.497 e. The highest BCUT2D eigenvalue weighted by Crippen LogP contribution is 2.36. The Kier molecular flexibility index (Phi) is 6.85. The maximum Gasteiger partial charge on any atom is 0.271 e. The molecule has 1 heterocycles. The summed E-state index contributed by atoms with van der Waals surface area (Å²) >= 11 is 0. The fraction of sp³-hybridized carbons (Fsp3) is 0.100. The molecule has 4 aromatic rings. The van der Waals surface area contributed by atoms with Crippen LogP contribution in [0.3, 0.4) is 0 Å². The van der Waals surface area contributed by atoms with Gasteiger partial charge in [0.1, 0.15) is 5.75 Å². The van der Waals surface area contributed by atoms with Crippen molar-refractivity contribution in [2.45, 2.75) is 12.5 Å². The van der Waals surface area contributed by atoms with Crippen LogP contribution >= 0.6 is 0 Å². The van der Waals surface area contributed by atoms with Crippen molar-refractivity contribution >= 4 is 23.5 Å².